The topological polar surface area (TPSA) is 86.5 Å². The van der Waals surface area contributed by atoms with Crippen LogP contribution in [0, 0.1) is 0 Å². The second kappa shape index (κ2) is 7.81. The minimum Gasteiger partial charge on any atom is -0.497 e. The standard InChI is InChI=1S/C22H19N3O3S/c1-27-14-9-7-13(8-10-14)16-12-11-15-19(23)20(29-22(15)25-16)21(26)24-17-5-3-4-6-18(17)28-2/h3-12H,23H2,1-2H3,(H,24,26). The SMILES string of the molecule is COc1ccc(-c2ccc3c(N)c(C(=O)Nc4ccccc4OC)sc3n2)cc1. The Morgan fingerprint density at radius 1 is 1.00 bits per heavy atom. The van der Waals surface area contributed by atoms with Crippen LogP contribution in [0.25, 0.3) is 21.5 Å². The summed E-state index contributed by atoms with van der Waals surface area (Å²) < 4.78 is 10.5. The van der Waals surface area contributed by atoms with Crippen molar-refractivity contribution in [1.29, 1.82) is 0 Å². The fraction of sp³-hybridized carbons (Fsp3) is 0.0909. The van der Waals surface area contributed by atoms with Crippen LogP contribution in [0.5, 0.6) is 11.5 Å². The quantitative estimate of drug-likeness (QED) is 0.497. The summed E-state index contributed by atoms with van der Waals surface area (Å²) in [5, 5.41) is 3.62. The Labute approximate surface area is 171 Å². The smallest absolute Gasteiger partial charge is 0.268 e. The van der Waals surface area contributed by atoms with Crippen molar-refractivity contribution in [2.75, 3.05) is 25.3 Å². The van der Waals surface area contributed by atoms with E-state index < -0.39 is 0 Å². The molecule has 0 saturated heterocycles. The highest BCUT2D eigenvalue weighted by molar-refractivity contribution is 7.21. The molecule has 0 aliphatic rings. The average molecular weight is 405 g/mol. The number of rotatable bonds is 5. The molecule has 2 heterocycles. The van der Waals surface area contributed by atoms with E-state index in [2.05, 4.69) is 5.32 Å². The third-order valence-corrected chi connectivity index (χ3v) is 5.65. The molecule has 6 nitrogen and oxygen atoms in total. The van der Waals surface area contributed by atoms with Crippen LogP contribution in [-0.2, 0) is 0 Å². The number of hydrogen-bond acceptors (Lipinski definition) is 6. The number of fused-ring (bicyclic) bond motifs is 1. The number of nitrogens with one attached hydrogen (secondary N) is 1. The first-order chi connectivity index (χ1) is 14.1. The zero-order valence-electron chi connectivity index (χ0n) is 15.9. The number of amides is 1. The van der Waals surface area contributed by atoms with Gasteiger partial charge in [0, 0.05) is 10.9 Å². The Morgan fingerprint density at radius 3 is 2.48 bits per heavy atom. The maximum atomic E-state index is 12.8. The number of benzene rings is 2. The van der Waals surface area contributed by atoms with Gasteiger partial charge < -0.3 is 20.5 Å². The number of nitrogen functional groups attached to an aromatic ring is 1. The van der Waals surface area contributed by atoms with Crippen LogP contribution in [0.1, 0.15) is 9.67 Å². The molecular formula is C22H19N3O3S. The minimum atomic E-state index is -0.291. The lowest BCUT2D eigenvalue weighted by molar-refractivity contribution is 0.103. The van der Waals surface area contributed by atoms with E-state index in [9.17, 15) is 4.79 Å². The molecule has 2 aromatic carbocycles. The second-order valence-corrected chi connectivity index (χ2v) is 7.28. The van der Waals surface area contributed by atoms with Gasteiger partial charge in [0.2, 0.25) is 0 Å². The van der Waals surface area contributed by atoms with Crippen molar-refractivity contribution in [2.24, 2.45) is 0 Å². The van der Waals surface area contributed by atoms with Gasteiger partial charge in [-0.3, -0.25) is 4.79 Å². The van der Waals surface area contributed by atoms with E-state index in [-0.39, 0.29) is 5.91 Å². The van der Waals surface area contributed by atoms with Crippen LogP contribution in [0.4, 0.5) is 11.4 Å². The molecule has 0 aliphatic carbocycles. The van der Waals surface area contributed by atoms with Crippen LogP contribution in [0.3, 0.4) is 0 Å². The molecule has 0 saturated carbocycles. The maximum Gasteiger partial charge on any atom is 0.268 e. The first-order valence-corrected chi connectivity index (χ1v) is 9.70. The number of methoxy groups -OCH3 is 2. The Hall–Kier alpha value is -3.58. The molecule has 2 aromatic heterocycles. The highest BCUT2D eigenvalue weighted by Crippen LogP contribution is 2.35. The van der Waals surface area contributed by atoms with Gasteiger partial charge in [-0.05, 0) is 48.5 Å². The molecule has 0 spiro atoms. The summed E-state index contributed by atoms with van der Waals surface area (Å²) in [5.74, 6) is 1.08. The first kappa shape index (κ1) is 18.8. The molecule has 4 aromatic rings. The van der Waals surface area contributed by atoms with E-state index >= 15 is 0 Å². The van der Waals surface area contributed by atoms with Crippen LogP contribution >= 0.6 is 11.3 Å². The van der Waals surface area contributed by atoms with Gasteiger partial charge in [0.25, 0.3) is 5.91 Å². The van der Waals surface area contributed by atoms with Crippen LogP contribution < -0.4 is 20.5 Å². The Bertz CT molecular complexity index is 1190. The molecule has 4 rings (SSSR count). The van der Waals surface area contributed by atoms with Crippen molar-refractivity contribution < 1.29 is 14.3 Å². The summed E-state index contributed by atoms with van der Waals surface area (Å²) >= 11 is 1.27. The van der Waals surface area contributed by atoms with Crippen LogP contribution in [0.15, 0.2) is 60.7 Å². The highest BCUT2D eigenvalue weighted by Gasteiger charge is 2.19. The van der Waals surface area contributed by atoms with Crippen molar-refractivity contribution in [3.8, 4) is 22.8 Å². The van der Waals surface area contributed by atoms with Gasteiger partial charge in [-0.15, -0.1) is 11.3 Å². The zero-order valence-corrected chi connectivity index (χ0v) is 16.7. The molecular weight excluding hydrogens is 386 g/mol. The number of thiophene rings is 1. The van der Waals surface area contributed by atoms with E-state index in [4.69, 9.17) is 20.2 Å². The van der Waals surface area contributed by atoms with Gasteiger partial charge in [0.15, 0.2) is 0 Å². The molecule has 0 bridgehead atoms. The van der Waals surface area contributed by atoms with E-state index in [1.54, 1.807) is 26.4 Å². The molecule has 3 N–H and O–H groups in total. The molecule has 146 valence electrons. The Morgan fingerprint density at radius 2 is 1.76 bits per heavy atom. The summed E-state index contributed by atoms with van der Waals surface area (Å²) in [6, 6.07) is 18.7. The normalized spacial score (nSPS) is 10.7. The number of ether oxygens (including phenoxy) is 2. The number of nitrogens with zero attached hydrogens (tertiary/aromatic N) is 1. The predicted molar refractivity (Wildman–Crippen MR) is 117 cm³/mol. The lowest BCUT2D eigenvalue weighted by Crippen LogP contribution is -2.12. The molecule has 0 radical (unpaired) electrons. The third-order valence-electron chi connectivity index (χ3n) is 4.54. The highest BCUT2D eigenvalue weighted by atomic mass is 32.1. The molecule has 0 aliphatic heterocycles. The van der Waals surface area contributed by atoms with Crippen molar-refractivity contribution in [3.05, 3.63) is 65.5 Å². The fourth-order valence-electron chi connectivity index (χ4n) is 3.02. The summed E-state index contributed by atoms with van der Waals surface area (Å²) in [6.07, 6.45) is 0. The van der Waals surface area contributed by atoms with Gasteiger partial charge in [-0.1, -0.05) is 12.1 Å². The number of aromatic nitrogens is 1. The molecule has 0 unspecified atom stereocenters. The lowest BCUT2D eigenvalue weighted by Gasteiger charge is -2.09. The van der Waals surface area contributed by atoms with Gasteiger partial charge >= 0.3 is 0 Å². The van der Waals surface area contributed by atoms with Crippen molar-refractivity contribution >= 4 is 38.8 Å². The van der Waals surface area contributed by atoms with Crippen molar-refractivity contribution in [2.45, 2.75) is 0 Å². The van der Waals surface area contributed by atoms with Gasteiger partial charge in [0.1, 0.15) is 21.2 Å². The average Bonchev–Trinajstić information content (AvgIpc) is 3.10. The monoisotopic (exact) mass is 405 g/mol. The number of carbonyl (C=O) groups excluding carboxylic acids is 1. The number of nitrogens with two attached hydrogens (primary N) is 1. The summed E-state index contributed by atoms with van der Waals surface area (Å²) in [4.78, 5) is 18.6. The maximum absolute atomic E-state index is 12.8. The second-order valence-electron chi connectivity index (χ2n) is 6.28. The van der Waals surface area contributed by atoms with Gasteiger partial charge in [-0.25, -0.2) is 4.98 Å². The fourth-order valence-corrected chi connectivity index (χ4v) is 4.00. The third kappa shape index (κ3) is 3.60. The summed E-state index contributed by atoms with van der Waals surface area (Å²) in [6.45, 7) is 0. The number of anilines is 2. The van der Waals surface area contributed by atoms with E-state index in [1.807, 2.05) is 48.5 Å². The van der Waals surface area contributed by atoms with E-state index in [0.29, 0.717) is 26.8 Å². The summed E-state index contributed by atoms with van der Waals surface area (Å²) in [7, 11) is 3.19. The zero-order chi connectivity index (χ0) is 20.4. The van der Waals surface area contributed by atoms with E-state index in [1.165, 1.54) is 11.3 Å². The largest absolute Gasteiger partial charge is 0.497 e. The van der Waals surface area contributed by atoms with Crippen LogP contribution in [-0.4, -0.2) is 25.1 Å². The summed E-state index contributed by atoms with van der Waals surface area (Å²) in [5.41, 5.74) is 9.02. The van der Waals surface area contributed by atoms with Gasteiger partial charge in [0.05, 0.1) is 31.3 Å². The Kier molecular flexibility index (Phi) is 5.05. The molecule has 29 heavy (non-hydrogen) atoms. The van der Waals surface area contributed by atoms with Crippen molar-refractivity contribution in [1.82, 2.24) is 4.98 Å². The number of pyridine rings is 1. The van der Waals surface area contributed by atoms with Crippen LogP contribution in [0.2, 0.25) is 0 Å². The predicted octanol–water partition coefficient (Wildman–Crippen LogP) is 4.82. The number of hydrogen-bond donors (Lipinski definition) is 2. The number of para-hydroxylation sites is 2. The van der Waals surface area contributed by atoms with E-state index in [0.717, 1.165) is 22.4 Å². The number of carbonyl (C=O) groups is 1. The molecule has 0 atom stereocenters. The lowest BCUT2D eigenvalue weighted by atomic mass is 10.1. The Balaban J connectivity index is 1.67. The van der Waals surface area contributed by atoms with Gasteiger partial charge in [-0.2, -0.15) is 0 Å². The molecule has 1 amide bonds. The molecule has 0 fully saturated rings. The minimum absolute atomic E-state index is 0.291. The first-order valence-electron chi connectivity index (χ1n) is 8.88. The molecule has 7 heteroatoms. The van der Waals surface area contributed by atoms with Crippen molar-refractivity contribution in [3.63, 3.8) is 0 Å².